The predicted molar refractivity (Wildman–Crippen MR) is 80.4 cm³/mol. The highest BCUT2D eigenvalue weighted by atomic mass is 16.5. The van der Waals surface area contributed by atoms with E-state index in [0.717, 1.165) is 25.7 Å². The van der Waals surface area contributed by atoms with E-state index in [1.807, 2.05) is 0 Å². The Labute approximate surface area is 117 Å². The van der Waals surface area contributed by atoms with Gasteiger partial charge in [0.05, 0.1) is 6.61 Å². The van der Waals surface area contributed by atoms with E-state index in [0.29, 0.717) is 6.04 Å². The summed E-state index contributed by atoms with van der Waals surface area (Å²) in [6, 6.07) is 9.39. The molecule has 2 nitrogen and oxygen atoms in total. The lowest BCUT2D eigenvalue weighted by Crippen LogP contribution is -2.23. The average molecular weight is 261 g/mol. The molecule has 0 saturated heterocycles. The second-order valence-corrected chi connectivity index (χ2v) is 5.69. The molecule has 1 N–H and O–H groups in total. The standard InChI is InChI=1S/C17H27NO/c1-3-4-15-7-9-17(10-8-15)14(2)18-11-12-19-13-16-5-6-16/h7-10,14,16,18H,3-6,11-13H2,1-2H3. The Morgan fingerprint density at radius 2 is 2.00 bits per heavy atom. The van der Waals surface area contributed by atoms with Crippen LogP contribution in [0.3, 0.4) is 0 Å². The molecule has 2 rings (SSSR count). The summed E-state index contributed by atoms with van der Waals surface area (Å²) in [5, 5.41) is 3.52. The van der Waals surface area contributed by atoms with Crippen LogP contribution in [0.1, 0.15) is 50.3 Å². The van der Waals surface area contributed by atoms with E-state index in [9.17, 15) is 0 Å². The third-order valence-corrected chi connectivity index (χ3v) is 3.77. The van der Waals surface area contributed by atoms with E-state index >= 15 is 0 Å². The molecule has 19 heavy (non-hydrogen) atoms. The SMILES string of the molecule is CCCc1ccc(C(C)NCCOCC2CC2)cc1. The molecule has 0 aliphatic heterocycles. The van der Waals surface area contributed by atoms with Crippen molar-refractivity contribution in [2.45, 2.75) is 45.6 Å². The van der Waals surface area contributed by atoms with E-state index in [1.165, 1.54) is 36.8 Å². The van der Waals surface area contributed by atoms with Crippen LogP contribution in [0.2, 0.25) is 0 Å². The molecule has 0 radical (unpaired) electrons. The Morgan fingerprint density at radius 1 is 1.26 bits per heavy atom. The minimum Gasteiger partial charge on any atom is -0.380 e. The van der Waals surface area contributed by atoms with Crippen LogP contribution in [0.5, 0.6) is 0 Å². The molecule has 0 spiro atoms. The Bertz CT molecular complexity index is 356. The van der Waals surface area contributed by atoms with Gasteiger partial charge in [-0.2, -0.15) is 0 Å². The summed E-state index contributed by atoms with van der Waals surface area (Å²) in [4.78, 5) is 0. The monoisotopic (exact) mass is 261 g/mol. The van der Waals surface area contributed by atoms with Crippen molar-refractivity contribution in [1.82, 2.24) is 5.32 Å². The van der Waals surface area contributed by atoms with Crippen LogP contribution in [0.15, 0.2) is 24.3 Å². The highest BCUT2D eigenvalue weighted by molar-refractivity contribution is 5.24. The lowest BCUT2D eigenvalue weighted by molar-refractivity contribution is 0.124. The summed E-state index contributed by atoms with van der Waals surface area (Å²) >= 11 is 0. The third kappa shape index (κ3) is 5.33. The van der Waals surface area contributed by atoms with Gasteiger partial charge in [0.2, 0.25) is 0 Å². The number of hydrogen-bond acceptors (Lipinski definition) is 2. The van der Waals surface area contributed by atoms with Crippen molar-refractivity contribution >= 4 is 0 Å². The highest BCUT2D eigenvalue weighted by Gasteiger charge is 2.20. The predicted octanol–water partition coefficient (Wildman–Crippen LogP) is 3.72. The Hall–Kier alpha value is -0.860. The molecule has 1 aromatic carbocycles. The number of aryl methyl sites for hydroxylation is 1. The summed E-state index contributed by atoms with van der Waals surface area (Å²) in [7, 11) is 0. The van der Waals surface area contributed by atoms with Crippen LogP contribution in [0.25, 0.3) is 0 Å². The molecule has 0 heterocycles. The van der Waals surface area contributed by atoms with Crippen molar-refractivity contribution in [2.75, 3.05) is 19.8 Å². The van der Waals surface area contributed by atoms with Gasteiger partial charge in [-0.3, -0.25) is 0 Å². The van der Waals surface area contributed by atoms with E-state index in [1.54, 1.807) is 0 Å². The summed E-state index contributed by atoms with van der Waals surface area (Å²) in [5.41, 5.74) is 2.80. The smallest absolute Gasteiger partial charge is 0.0591 e. The van der Waals surface area contributed by atoms with Gasteiger partial charge in [-0.05, 0) is 43.2 Å². The van der Waals surface area contributed by atoms with E-state index in [4.69, 9.17) is 4.74 Å². The summed E-state index contributed by atoms with van der Waals surface area (Å²) in [5.74, 6) is 0.864. The van der Waals surface area contributed by atoms with Gasteiger partial charge < -0.3 is 10.1 Å². The summed E-state index contributed by atoms with van der Waals surface area (Å²) in [6.45, 7) is 7.16. The second kappa shape index (κ2) is 7.66. The van der Waals surface area contributed by atoms with Gasteiger partial charge in [0.25, 0.3) is 0 Å². The topological polar surface area (TPSA) is 21.3 Å². The molecule has 1 aromatic rings. The minimum absolute atomic E-state index is 0.403. The molecule has 106 valence electrons. The van der Waals surface area contributed by atoms with Gasteiger partial charge in [0.1, 0.15) is 0 Å². The van der Waals surface area contributed by atoms with Crippen LogP contribution in [0, 0.1) is 5.92 Å². The van der Waals surface area contributed by atoms with Crippen LogP contribution in [-0.2, 0) is 11.2 Å². The first-order chi connectivity index (χ1) is 9.29. The fraction of sp³-hybridized carbons (Fsp3) is 0.647. The molecular formula is C17H27NO. The zero-order valence-corrected chi connectivity index (χ0v) is 12.3. The van der Waals surface area contributed by atoms with Gasteiger partial charge >= 0.3 is 0 Å². The molecule has 1 saturated carbocycles. The molecular weight excluding hydrogens is 234 g/mol. The van der Waals surface area contributed by atoms with Crippen molar-refractivity contribution in [3.63, 3.8) is 0 Å². The van der Waals surface area contributed by atoms with Crippen LogP contribution >= 0.6 is 0 Å². The number of ether oxygens (including phenoxy) is 1. The van der Waals surface area contributed by atoms with Crippen LogP contribution < -0.4 is 5.32 Å². The minimum atomic E-state index is 0.403. The molecule has 1 aliphatic rings. The van der Waals surface area contributed by atoms with Gasteiger partial charge in [-0.1, -0.05) is 37.6 Å². The van der Waals surface area contributed by atoms with Gasteiger partial charge in [-0.15, -0.1) is 0 Å². The van der Waals surface area contributed by atoms with Crippen molar-refractivity contribution in [1.29, 1.82) is 0 Å². The molecule has 2 heteroatoms. The fourth-order valence-electron chi connectivity index (χ4n) is 2.26. The first-order valence-corrected chi connectivity index (χ1v) is 7.69. The Balaban J connectivity index is 1.64. The third-order valence-electron chi connectivity index (χ3n) is 3.77. The van der Waals surface area contributed by atoms with Gasteiger partial charge in [-0.25, -0.2) is 0 Å². The van der Waals surface area contributed by atoms with Crippen molar-refractivity contribution in [3.8, 4) is 0 Å². The van der Waals surface area contributed by atoms with E-state index in [-0.39, 0.29) is 0 Å². The maximum Gasteiger partial charge on any atom is 0.0591 e. The molecule has 1 unspecified atom stereocenters. The maximum absolute atomic E-state index is 5.63. The molecule has 0 amide bonds. The largest absolute Gasteiger partial charge is 0.380 e. The van der Waals surface area contributed by atoms with Crippen molar-refractivity contribution in [2.24, 2.45) is 5.92 Å². The first kappa shape index (κ1) is 14.5. The van der Waals surface area contributed by atoms with E-state index < -0.39 is 0 Å². The quantitative estimate of drug-likeness (QED) is 0.684. The van der Waals surface area contributed by atoms with E-state index in [2.05, 4.69) is 43.4 Å². The summed E-state index contributed by atoms with van der Waals surface area (Å²) in [6.07, 6.45) is 5.13. The van der Waals surface area contributed by atoms with Gasteiger partial charge in [0, 0.05) is 19.2 Å². The molecule has 1 aliphatic carbocycles. The van der Waals surface area contributed by atoms with Crippen molar-refractivity contribution < 1.29 is 4.74 Å². The fourth-order valence-corrected chi connectivity index (χ4v) is 2.26. The lowest BCUT2D eigenvalue weighted by atomic mass is 10.0. The van der Waals surface area contributed by atoms with Crippen LogP contribution in [-0.4, -0.2) is 19.8 Å². The van der Waals surface area contributed by atoms with Gasteiger partial charge in [0.15, 0.2) is 0 Å². The normalized spacial score (nSPS) is 16.5. The Kier molecular flexibility index (Phi) is 5.87. The zero-order chi connectivity index (χ0) is 13.5. The lowest BCUT2D eigenvalue weighted by Gasteiger charge is -2.15. The zero-order valence-electron chi connectivity index (χ0n) is 12.3. The number of hydrogen-bond donors (Lipinski definition) is 1. The molecule has 1 fully saturated rings. The molecule has 1 atom stereocenters. The van der Waals surface area contributed by atoms with Crippen LogP contribution in [0.4, 0.5) is 0 Å². The second-order valence-electron chi connectivity index (χ2n) is 5.69. The average Bonchev–Trinajstić information content (AvgIpc) is 3.23. The first-order valence-electron chi connectivity index (χ1n) is 7.69. The number of nitrogens with one attached hydrogen (secondary N) is 1. The highest BCUT2D eigenvalue weighted by Crippen LogP contribution is 2.28. The van der Waals surface area contributed by atoms with Crippen molar-refractivity contribution in [3.05, 3.63) is 35.4 Å². The number of benzene rings is 1. The molecule has 0 aromatic heterocycles. The number of rotatable bonds is 9. The maximum atomic E-state index is 5.63. The summed E-state index contributed by atoms with van der Waals surface area (Å²) < 4.78 is 5.63. The molecule has 0 bridgehead atoms. The Morgan fingerprint density at radius 3 is 2.63 bits per heavy atom.